The number of hydrogen-bond donors (Lipinski definition) is 3. The van der Waals surface area contributed by atoms with Gasteiger partial charge in [-0.25, -0.2) is 0 Å². The molecule has 0 aliphatic rings. The average Bonchev–Trinajstić information content (AvgIpc) is 2.25. The molecule has 1 aromatic carbocycles. The summed E-state index contributed by atoms with van der Waals surface area (Å²) in [5, 5.41) is 15.1. The molecule has 0 bridgehead atoms. The largest absolute Gasteiger partial charge is 0.507 e. The van der Waals surface area contributed by atoms with E-state index < -0.39 is 0 Å². The van der Waals surface area contributed by atoms with E-state index in [4.69, 9.17) is 0 Å². The van der Waals surface area contributed by atoms with E-state index in [1.54, 1.807) is 18.2 Å². The van der Waals surface area contributed by atoms with Crippen LogP contribution in [0.5, 0.6) is 5.75 Å². The van der Waals surface area contributed by atoms with E-state index in [0.717, 1.165) is 0 Å². The number of nitrogens with one attached hydrogen (secondary N) is 2. The van der Waals surface area contributed by atoms with Crippen LogP contribution in [-0.2, 0) is 22.7 Å². The van der Waals surface area contributed by atoms with Gasteiger partial charge in [-0.3, -0.25) is 9.59 Å². The van der Waals surface area contributed by atoms with Gasteiger partial charge in [-0.05, 0) is 0 Å². The van der Waals surface area contributed by atoms with Crippen molar-refractivity contribution in [3.63, 3.8) is 0 Å². The van der Waals surface area contributed by atoms with Crippen molar-refractivity contribution >= 4 is 11.8 Å². The summed E-state index contributed by atoms with van der Waals surface area (Å²) in [5.41, 5.74) is 1.26. The number of amides is 2. The van der Waals surface area contributed by atoms with Crippen LogP contribution in [0.4, 0.5) is 0 Å². The lowest BCUT2D eigenvalue weighted by molar-refractivity contribution is -0.119. The Kier molecular flexibility index (Phi) is 4.51. The predicted octanol–water partition coefficient (Wildman–Crippen LogP) is 0.664. The molecule has 92 valence electrons. The van der Waals surface area contributed by atoms with Crippen molar-refractivity contribution < 1.29 is 14.7 Å². The minimum absolute atomic E-state index is 0.106. The Hall–Kier alpha value is -2.04. The second-order valence-corrected chi connectivity index (χ2v) is 3.74. The Balaban J connectivity index is 2.76. The second kappa shape index (κ2) is 5.89. The highest BCUT2D eigenvalue weighted by Gasteiger charge is 2.07. The first-order valence-corrected chi connectivity index (χ1v) is 5.29. The van der Waals surface area contributed by atoms with E-state index in [0.29, 0.717) is 11.1 Å². The molecule has 3 N–H and O–H groups in total. The zero-order valence-corrected chi connectivity index (χ0v) is 9.91. The maximum atomic E-state index is 10.8. The van der Waals surface area contributed by atoms with Crippen molar-refractivity contribution in [3.05, 3.63) is 29.3 Å². The number of benzene rings is 1. The Morgan fingerprint density at radius 2 is 1.47 bits per heavy atom. The summed E-state index contributed by atoms with van der Waals surface area (Å²) < 4.78 is 0. The van der Waals surface area contributed by atoms with E-state index in [-0.39, 0.29) is 30.7 Å². The number of carbonyl (C=O) groups is 2. The molecule has 0 radical (unpaired) electrons. The monoisotopic (exact) mass is 236 g/mol. The number of aromatic hydroxyl groups is 1. The normalized spacial score (nSPS) is 9.76. The van der Waals surface area contributed by atoms with Crippen molar-refractivity contribution in [1.82, 2.24) is 10.6 Å². The molecular weight excluding hydrogens is 220 g/mol. The SMILES string of the molecule is CC(=O)NCc1cccc(CNC(C)=O)c1O. The van der Waals surface area contributed by atoms with Gasteiger partial charge in [0.1, 0.15) is 5.75 Å². The average molecular weight is 236 g/mol. The van der Waals surface area contributed by atoms with E-state index in [9.17, 15) is 14.7 Å². The third kappa shape index (κ3) is 4.14. The molecule has 0 aliphatic heterocycles. The van der Waals surface area contributed by atoms with Gasteiger partial charge >= 0.3 is 0 Å². The van der Waals surface area contributed by atoms with Crippen LogP contribution in [0.15, 0.2) is 18.2 Å². The maximum Gasteiger partial charge on any atom is 0.217 e. The summed E-state index contributed by atoms with van der Waals surface area (Å²) in [5.74, 6) is -0.205. The van der Waals surface area contributed by atoms with Gasteiger partial charge in [0.25, 0.3) is 0 Å². The van der Waals surface area contributed by atoms with Crippen LogP contribution < -0.4 is 10.6 Å². The molecule has 0 saturated carbocycles. The molecule has 0 aromatic heterocycles. The number of para-hydroxylation sites is 1. The summed E-state index contributed by atoms with van der Waals surface area (Å²) in [7, 11) is 0. The summed E-state index contributed by atoms with van der Waals surface area (Å²) in [6.45, 7) is 3.38. The third-order valence-corrected chi connectivity index (χ3v) is 2.26. The highest BCUT2D eigenvalue weighted by Crippen LogP contribution is 2.22. The third-order valence-electron chi connectivity index (χ3n) is 2.26. The molecular formula is C12H16N2O3. The van der Waals surface area contributed by atoms with Gasteiger partial charge in [0.05, 0.1) is 0 Å². The molecule has 0 atom stereocenters. The van der Waals surface area contributed by atoms with Crippen molar-refractivity contribution in [2.24, 2.45) is 0 Å². The first kappa shape index (κ1) is 13.0. The molecule has 1 rings (SSSR count). The standard InChI is InChI=1S/C12H16N2O3/c1-8(15)13-6-10-4-3-5-11(12(10)17)7-14-9(2)16/h3-5,17H,6-7H2,1-2H3,(H,13,15)(H,14,16). The van der Waals surface area contributed by atoms with Gasteiger partial charge in [-0.2, -0.15) is 0 Å². The molecule has 5 heteroatoms. The van der Waals surface area contributed by atoms with Crippen molar-refractivity contribution in [3.8, 4) is 5.75 Å². The highest BCUT2D eigenvalue weighted by atomic mass is 16.3. The number of phenolic OH excluding ortho intramolecular Hbond substituents is 1. The first-order chi connectivity index (χ1) is 8.00. The predicted molar refractivity (Wildman–Crippen MR) is 63.1 cm³/mol. The van der Waals surface area contributed by atoms with E-state index >= 15 is 0 Å². The topological polar surface area (TPSA) is 78.4 Å². The van der Waals surface area contributed by atoms with E-state index in [1.165, 1.54) is 13.8 Å². The highest BCUT2D eigenvalue weighted by molar-refractivity contribution is 5.73. The zero-order chi connectivity index (χ0) is 12.8. The van der Waals surface area contributed by atoms with E-state index in [1.807, 2.05) is 0 Å². The lowest BCUT2D eigenvalue weighted by Crippen LogP contribution is -2.20. The minimum Gasteiger partial charge on any atom is -0.507 e. The van der Waals surface area contributed by atoms with Gasteiger partial charge in [0.15, 0.2) is 0 Å². The second-order valence-electron chi connectivity index (χ2n) is 3.74. The summed E-state index contributed by atoms with van der Waals surface area (Å²) >= 11 is 0. The lowest BCUT2D eigenvalue weighted by atomic mass is 10.1. The first-order valence-electron chi connectivity index (χ1n) is 5.29. The van der Waals surface area contributed by atoms with Crippen molar-refractivity contribution in [1.29, 1.82) is 0 Å². The van der Waals surface area contributed by atoms with Gasteiger partial charge in [0.2, 0.25) is 11.8 Å². The van der Waals surface area contributed by atoms with Crippen LogP contribution in [0.2, 0.25) is 0 Å². The van der Waals surface area contributed by atoms with Gasteiger partial charge < -0.3 is 15.7 Å². The Bertz CT molecular complexity index is 394. The van der Waals surface area contributed by atoms with Crippen molar-refractivity contribution in [2.75, 3.05) is 0 Å². The molecule has 17 heavy (non-hydrogen) atoms. The van der Waals surface area contributed by atoms with Gasteiger partial charge in [-0.15, -0.1) is 0 Å². The summed E-state index contributed by atoms with van der Waals surface area (Å²) in [6.07, 6.45) is 0. The summed E-state index contributed by atoms with van der Waals surface area (Å²) in [4.78, 5) is 21.6. The molecule has 0 unspecified atom stereocenters. The fourth-order valence-electron chi connectivity index (χ4n) is 1.37. The van der Waals surface area contributed by atoms with Gasteiger partial charge in [0, 0.05) is 38.1 Å². The number of rotatable bonds is 4. The number of phenols is 1. The fraction of sp³-hybridized carbons (Fsp3) is 0.333. The van der Waals surface area contributed by atoms with Crippen LogP contribution in [0, 0.1) is 0 Å². The molecule has 0 spiro atoms. The number of hydrogen-bond acceptors (Lipinski definition) is 3. The van der Waals surface area contributed by atoms with Crippen LogP contribution in [0.1, 0.15) is 25.0 Å². The number of carbonyl (C=O) groups excluding carboxylic acids is 2. The van der Waals surface area contributed by atoms with Crippen LogP contribution in [0.25, 0.3) is 0 Å². The quantitative estimate of drug-likeness (QED) is 0.718. The van der Waals surface area contributed by atoms with E-state index in [2.05, 4.69) is 10.6 Å². The molecule has 5 nitrogen and oxygen atoms in total. The van der Waals surface area contributed by atoms with Crippen LogP contribution >= 0.6 is 0 Å². The molecule has 2 amide bonds. The summed E-state index contributed by atoms with van der Waals surface area (Å²) in [6, 6.07) is 5.22. The van der Waals surface area contributed by atoms with Crippen LogP contribution in [0.3, 0.4) is 0 Å². The van der Waals surface area contributed by atoms with Crippen molar-refractivity contribution in [2.45, 2.75) is 26.9 Å². The Morgan fingerprint density at radius 1 is 1.06 bits per heavy atom. The smallest absolute Gasteiger partial charge is 0.217 e. The molecule has 0 fully saturated rings. The maximum absolute atomic E-state index is 10.8. The lowest BCUT2D eigenvalue weighted by Gasteiger charge is -2.10. The minimum atomic E-state index is -0.156. The van der Waals surface area contributed by atoms with Gasteiger partial charge in [-0.1, -0.05) is 18.2 Å². The molecule has 1 aromatic rings. The Labute approximate surface area is 99.8 Å². The zero-order valence-electron chi connectivity index (χ0n) is 9.91. The fourth-order valence-corrected chi connectivity index (χ4v) is 1.37. The van der Waals surface area contributed by atoms with Crippen LogP contribution in [-0.4, -0.2) is 16.9 Å². The molecule has 0 heterocycles. The Morgan fingerprint density at radius 3 is 1.82 bits per heavy atom. The molecule has 0 aliphatic carbocycles. The molecule has 0 saturated heterocycles.